The molecule has 2 heteroatoms. The molecular formula is C26H16ClN. The predicted molar refractivity (Wildman–Crippen MR) is 121 cm³/mol. The molecular weight excluding hydrogens is 362 g/mol. The molecule has 0 aliphatic heterocycles. The first-order valence-corrected chi connectivity index (χ1v) is 9.78. The van der Waals surface area contributed by atoms with Crippen molar-refractivity contribution < 1.29 is 0 Å². The van der Waals surface area contributed by atoms with Crippen LogP contribution in [0.5, 0.6) is 0 Å². The minimum Gasteiger partial charge on any atom is -0.309 e. The number of fused-ring (bicyclic) bond motifs is 6. The van der Waals surface area contributed by atoms with E-state index in [1.807, 2.05) is 12.1 Å². The van der Waals surface area contributed by atoms with Crippen LogP contribution in [0.1, 0.15) is 0 Å². The summed E-state index contributed by atoms with van der Waals surface area (Å²) in [6.07, 6.45) is 0. The Morgan fingerprint density at radius 1 is 0.536 bits per heavy atom. The second-order valence-electron chi connectivity index (χ2n) is 7.21. The Morgan fingerprint density at radius 3 is 2.18 bits per heavy atom. The van der Waals surface area contributed by atoms with Gasteiger partial charge in [-0.25, -0.2) is 0 Å². The van der Waals surface area contributed by atoms with Crippen LogP contribution in [0, 0.1) is 0 Å². The van der Waals surface area contributed by atoms with Crippen LogP contribution < -0.4 is 0 Å². The van der Waals surface area contributed by atoms with Gasteiger partial charge in [-0.2, -0.15) is 0 Å². The zero-order chi connectivity index (χ0) is 18.7. The molecule has 0 radical (unpaired) electrons. The van der Waals surface area contributed by atoms with Gasteiger partial charge in [-0.05, 0) is 57.9 Å². The summed E-state index contributed by atoms with van der Waals surface area (Å²) in [6, 6.07) is 34.4. The Labute approximate surface area is 167 Å². The first-order valence-electron chi connectivity index (χ1n) is 9.40. The van der Waals surface area contributed by atoms with Gasteiger partial charge in [-0.3, -0.25) is 0 Å². The van der Waals surface area contributed by atoms with Crippen LogP contribution in [0.3, 0.4) is 0 Å². The normalized spacial score (nSPS) is 11.8. The van der Waals surface area contributed by atoms with Crippen molar-refractivity contribution in [2.75, 3.05) is 0 Å². The van der Waals surface area contributed by atoms with Gasteiger partial charge in [0.1, 0.15) is 0 Å². The summed E-state index contributed by atoms with van der Waals surface area (Å²) in [6.45, 7) is 0. The summed E-state index contributed by atoms with van der Waals surface area (Å²) in [7, 11) is 0. The quantitative estimate of drug-likeness (QED) is 0.276. The molecule has 0 aliphatic carbocycles. The highest BCUT2D eigenvalue weighted by Crippen LogP contribution is 2.37. The van der Waals surface area contributed by atoms with E-state index in [4.69, 9.17) is 11.6 Å². The van der Waals surface area contributed by atoms with Crippen LogP contribution in [0.25, 0.3) is 49.0 Å². The van der Waals surface area contributed by atoms with Gasteiger partial charge in [-0.15, -0.1) is 0 Å². The number of benzene rings is 5. The smallest absolute Gasteiger partial charge is 0.0547 e. The number of nitrogens with zero attached hydrogens (tertiary/aromatic N) is 1. The monoisotopic (exact) mass is 377 g/mol. The highest BCUT2D eigenvalue weighted by molar-refractivity contribution is 6.31. The fourth-order valence-corrected chi connectivity index (χ4v) is 4.54. The average Bonchev–Trinajstić information content (AvgIpc) is 3.08. The number of rotatable bonds is 1. The van der Waals surface area contributed by atoms with Crippen LogP contribution >= 0.6 is 11.6 Å². The van der Waals surface area contributed by atoms with Crippen LogP contribution in [0.15, 0.2) is 97.1 Å². The molecule has 0 N–H and O–H groups in total. The van der Waals surface area contributed by atoms with Gasteiger partial charge in [0.2, 0.25) is 0 Å². The molecule has 0 saturated carbocycles. The van der Waals surface area contributed by atoms with Crippen LogP contribution in [0.2, 0.25) is 5.02 Å². The van der Waals surface area contributed by atoms with Crippen LogP contribution in [-0.4, -0.2) is 4.57 Å². The minimum atomic E-state index is 0.767. The van der Waals surface area contributed by atoms with E-state index in [0.29, 0.717) is 0 Å². The molecule has 0 bridgehead atoms. The van der Waals surface area contributed by atoms with E-state index in [2.05, 4.69) is 89.5 Å². The van der Waals surface area contributed by atoms with Gasteiger partial charge < -0.3 is 4.57 Å². The van der Waals surface area contributed by atoms with Gasteiger partial charge in [0.25, 0.3) is 0 Å². The molecule has 0 aliphatic rings. The van der Waals surface area contributed by atoms with Crippen molar-refractivity contribution in [3.63, 3.8) is 0 Å². The first kappa shape index (κ1) is 15.7. The molecule has 0 unspecified atom stereocenters. The lowest BCUT2D eigenvalue weighted by molar-refractivity contribution is 1.19. The van der Waals surface area contributed by atoms with Crippen molar-refractivity contribution in [3.05, 3.63) is 102 Å². The summed E-state index contributed by atoms with van der Waals surface area (Å²) in [4.78, 5) is 0. The van der Waals surface area contributed by atoms with Gasteiger partial charge in [0.15, 0.2) is 0 Å². The van der Waals surface area contributed by atoms with Gasteiger partial charge in [0.05, 0.1) is 11.0 Å². The lowest BCUT2D eigenvalue weighted by Gasteiger charge is -2.10. The molecule has 28 heavy (non-hydrogen) atoms. The third kappa shape index (κ3) is 2.20. The number of hydrogen-bond acceptors (Lipinski definition) is 0. The Hall–Kier alpha value is -3.29. The average molecular weight is 378 g/mol. The van der Waals surface area contributed by atoms with E-state index in [-0.39, 0.29) is 0 Å². The molecule has 0 spiro atoms. The number of para-hydroxylation sites is 1. The zero-order valence-electron chi connectivity index (χ0n) is 15.1. The minimum absolute atomic E-state index is 0.767. The molecule has 6 aromatic rings. The Bertz CT molecular complexity index is 1520. The first-order chi connectivity index (χ1) is 13.8. The van der Waals surface area contributed by atoms with Crippen molar-refractivity contribution >= 4 is 55.0 Å². The molecule has 0 amide bonds. The van der Waals surface area contributed by atoms with Gasteiger partial charge >= 0.3 is 0 Å². The van der Waals surface area contributed by atoms with Crippen molar-refractivity contribution in [1.29, 1.82) is 0 Å². The summed E-state index contributed by atoms with van der Waals surface area (Å²) < 4.78 is 2.37. The van der Waals surface area contributed by atoms with Crippen molar-refractivity contribution in [2.24, 2.45) is 0 Å². The highest BCUT2D eigenvalue weighted by Gasteiger charge is 2.14. The number of hydrogen-bond donors (Lipinski definition) is 0. The van der Waals surface area contributed by atoms with E-state index in [9.17, 15) is 0 Å². The number of halogens is 1. The molecule has 6 rings (SSSR count). The maximum absolute atomic E-state index is 6.16. The maximum atomic E-state index is 6.16. The molecule has 1 heterocycles. The third-order valence-corrected chi connectivity index (χ3v) is 5.84. The lowest BCUT2D eigenvalue weighted by Crippen LogP contribution is -1.93. The topological polar surface area (TPSA) is 4.93 Å². The molecule has 0 atom stereocenters. The predicted octanol–water partition coefficient (Wildman–Crippen LogP) is 7.74. The Balaban J connectivity index is 1.77. The number of aromatic nitrogens is 1. The molecule has 0 saturated heterocycles. The van der Waals surface area contributed by atoms with E-state index in [0.717, 1.165) is 16.1 Å². The summed E-state index contributed by atoms with van der Waals surface area (Å²) in [5.74, 6) is 0. The summed E-state index contributed by atoms with van der Waals surface area (Å²) >= 11 is 6.16. The van der Waals surface area contributed by atoms with E-state index in [1.54, 1.807) is 0 Å². The summed E-state index contributed by atoms with van der Waals surface area (Å²) in [5, 5.41) is 8.27. The second kappa shape index (κ2) is 5.85. The van der Waals surface area contributed by atoms with E-state index in [1.165, 1.54) is 38.0 Å². The second-order valence-corrected chi connectivity index (χ2v) is 7.65. The molecule has 5 aromatic carbocycles. The lowest BCUT2D eigenvalue weighted by atomic mass is 10.0. The molecule has 0 fully saturated rings. The van der Waals surface area contributed by atoms with Crippen LogP contribution in [0.4, 0.5) is 0 Å². The third-order valence-electron chi connectivity index (χ3n) is 5.61. The Kier molecular flexibility index (Phi) is 3.29. The van der Waals surface area contributed by atoms with Crippen LogP contribution in [-0.2, 0) is 0 Å². The highest BCUT2D eigenvalue weighted by atomic mass is 35.5. The molecule has 1 aromatic heterocycles. The largest absolute Gasteiger partial charge is 0.309 e. The summed E-state index contributed by atoms with van der Waals surface area (Å²) in [5.41, 5.74) is 3.62. The van der Waals surface area contributed by atoms with Crippen molar-refractivity contribution in [1.82, 2.24) is 4.57 Å². The van der Waals surface area contributed by atoms with E-state index < -0.39 is 0 Å². The SMILES string of the molecule is Clc1ccc2cc(-n3c4ccccc4c4c5ccccc5ccc43)ccc2c1. The maximum Gasteiger partial charge on any atom is 0.0547 e. The molecule has 1 nitrogen and oxygen atoms in total. The fourth-order valence-electron chi connectivity index (χ4n) is 4.36. The van der Waals surface area contributed by atoms with Crippen molar-refractivity contribution in [3.8, 4) is 5.69 Å². The molecule has 132 valence electrons. The van der Waals surface area contributed by atoms with E-state index >= 15 is 0 Å². The fraction of sp³-hybridized carbons (Fsp3) is 0. The Morgan fingerprint density at radius 2 is 1.25 bits per heavy atom. The zero-order valence-corrected chi connectivity index (χ0v) is 15.8. The van der Waals surface area contributed by atoms with Gasteiger partial charge in [0, 0.05) is 21.5 Å². The standard InChI is InChI=1S/C26H16ClN/c27-20-12-9-19-16-21(13-10-18(19)15-20)28-24-8-4-3-7-23(24)26-22-6-2-1-5-17(22)11-14-25(26)28/h1-16H. The van der Waals surface area contributed by atoms with Crippen molar-refractivity contribution in [2.45, 2.75) is 0 Å². The van der Waals surface area contributed by atoms with Gasteiger partial charge in [-0.1, -0.05) is 72.3 Å².